The van der Waals surface area contributed by atoms with Crippen LogP contribution in [0.2, 0.25) is 0 Å². The minimum Gasteiger partial charge on any atom is -0.364 e. The number of hydrogen-bond donors (Lipinski definition) is 2. The molecule has 4 aromatic rings. The lowest BCUT2D eigenvalue weighted by molar-refractivity contribution is -0.138. The van der Waals surface area contributed by atoms with Crippen LogP contribution in [0.1, 0.15) is 47.9 Å². The maximum Gasteiger partial charge on any atom is 0.416 e. The van der Waals surface area contributed by atoms with Gasteiger partial charge in [-0.2, -0.15) is 13.2 Å². The van der Waals surface area contributed by atoms with Gasteiger partial charge in [-0.25, -0.2) is 9.59 Å². The lowest BCUT2D eigenvalue weighted by Crippen LogP contribution is -2.43. The average molecular weight is 516 g/mol. The number of hydrogen-bond acceptors (Lipinski definition) is 5. The Labute approximate surface area is 207 Å². The highest BCUT2D eigenvalue weighted by atomic mass is 19.4. The third-order valence-corrected chi connectivity index (χ3v) is 6.76. The summed E-state index contributed by atoms with van der Waals surface area (Å²) in [5.74, 6) is 0. The Balaban J connectivity index is 1.76. The number of fused-ring (bicyclic) bond motifs is 2. The van der Waals surface area contributed by atoms with Gasteiger partial charge in [-0.1, -0.05) is 12.1 Å². The predicted octanol–water partition coefficient (Wildman–Crippen LogP) is 2.76. The molecule has 2 aromatic heterocycles. The van der Waals surface area contributed by atoms with Gasteiger partial charge >= 0.3 is 17.6 Å². The second-order valence-corrected chi connectivity index (χ2v) is 8.84. The van der Waals surface area contributed by atoms with Gasteiger partial charge in [0.25, 0.3) is 5.56 Å². The van der Waals surface area contributed by atoms with Gasteiger partial charge in [0.05, 0.1) is 33.9 Å². The van der Waals surface area contributed by atoms with Crippen LogP contribution in [-0.4, -0.2) is 30.4 Å². The van der Waals surface area contributed by atoms with Crippen molar-refractivity contribution in [3.8, 4) is 5.69 Å². The van der Waals surface area contributed by atoms with E-state index < -0.39 is 35.3 Å². The van der Waals surface area contributed by atoms with E-state index in [1.54, 1.807) is 26.1 Å². The number of imidazole rings is 1. The van der Waals surface area contributed by atoms with Crippen LogP contribution in [0.15, 0.2) is 57.0 Å². The zero-order valence-corrected chi connectivity index (χ0v) is 19.9. The minimum absolute atomic E-state index is 0.0248. The molecule has 5 rings (SSSR count). The number of halogens is 3. The molecule has 2 unspecified atom stereocenters. The van der Waals surface area contributed by atoms with Crippen molar-refractivity contribution in [3.63, 3.8) is 0 Å². The summed E-state index contributed by atoms with van der Waals surface area (Å²) in [7, 11) is 1.58. The first-order valence-electron chi connectivity index (χ1n) is 11.6. The number of benzene rings is 2. The van der Waals surface area contributed by atoms with Gasteiger partial charge in [0.2, 0.25) is 0 Å². The smallest absolute Gasteiger partial charge is 0.364 e. The summed E-state index contributed by atoms with van der Waals surface area (Å²) in [6, 6.07) is 7.45. The highest BCUT2D eigenvalue weighted by molar-refractivity contribution is 5.77. The summed E-state index contributed by atoms with van der Waals surface area (Å²) in [5.41, 5.74) is -1.51. The van der Waals surface area contributed by atoms with Gasteiger partial charge in [-0.05, 0) is 55.2 Å². The number of alkyl halides is 3. The van der Waals surface area contributed by atoms with Gasteiger partial charge < -0.3 is 14.8 Å². The van der Waals surface area contributed by atoms with Crippen molar-refractivity contribution in [2.45, 2.75) is 38.3 Å². The van der Waals surface area contributed by atoms with Gasteiger partial charge in [0.1, 0.15) is 0 Å². The summed E-state index contributed by atoms with van der Waals surface area (Å²) >= 11 is 0. The maximum absolute atomic E-state index is 13.7. The first-order valence-corrected chi connectivity index (χ1v) is 11.6. The Morgan fingerprint density at radius 2 is 1.95 bits per heavy atom. The quantitative estimate of drug-likeness (QED) is 0.397. The van der Waals surface area contributed by atoms with Crippen LogP contribution >= 0.6 is 0 Å². The van der Waals surface area contributed by atoms with E-state index in [9.17, 15) is 32.7 Å². The van der Waals surface area contributed by atoms with Crippen LogP contribution < -0.4 is 16.9 Å². The summed E-state index contributed by atoms with van der Waals surface area (Å²) < 4.78 is 49.4. The highest BCUT2D eigenvalue weighted by Crippen LogP contribution is 2.41. The molecule has 0 fully saturated rings. The fourth-order valence-corrected chi connectivity index (χ4v) is 5.01. The summed E-state index contributed by atoms with van der Waals surface area (Å²) in [6.07, 6.45) is -4.97. The molecule has 2 heterocycles. The average Bonchev–Trinajstić information content (AvgIpc) is 3.39. The molecule has 1 aliphatic carbocycles. The molecule has 194 valence electrons. The number of rotatable bonds is 5. The first-order chi connectivity index (χ1) is 17.5. The molecular weight excluding hydrogens is 493 g/mol. The number of aromatic amines is 1. The van der Waals surface area contributed by atoms with Crippen molar-refractivity contribution in [2.24, 2.45) is 7.05 Å². The molecule has 2 N–H and O–H groups in total. The van der Waals surface area contributed by atoms with E-state index in [2.05, 4.69) is 4.98 Å². The Morgan fingerprint density at radius 1 is 1.19 bits per heavy atom. The Hall–Kier alpha value is -3.90. The largest absolute Gasteiger partial charge is 0.416 e. The Kier molecular flexibility index (Phi) is 5.95. The fourth-order valence-electron chi connectivity index (χ4n) is 5.01. The molecule has 0 saturated heterocycles. The summed E-state index contributed by atoms with van der Waals surface area (Å²) in [4.78, 5) is 41.9. The normalized spacial score (nSPS) is 16.3. The molecule has 0 bridgehead atoms. The Morgan fingerprint density at radius 3 is 2.65 bits per heavy atom. The monoisotopic (exact) mass is 516 g/mol. The van der Waals surface area contributed by atoms with E-state index in [1.807, 2.05) is 0 Å². The molecular formula is C25H23F3N4O5. The number of H-pyrrole nitrogens is 1. The van der Waals surface area contributed by atoms with E-state index in [-0.39, 0.29) is 47.5 Å². The number of aromatic nitrogens is 4. The predicted molar refractivity (Wildman–Crippen MR) is 128 cm³/mol. The van der Waals surface area contributed by atoms with Crippen molar-refractivity contribution in [2.75, 3.05) is 6.61 Å². The van der Waals surface area contributed by atoms with Crippen LogP contribution in [0.3, 0.4) is 0 Å². The third kappa shape index (κ3) is 4.02. The van der Waals surface area contributed by atoms with Crippen LogP contribution in [0, 0.1) is 0 Å². The number of nitrogens with one attached hydrogen (secondary N) is 1. The van der Waals surface area contributed by atoms with E-state index >= 15 is 0 Å². The van der Waals surface area contributed by atoms with Crippen molar-refractivity contribution in [1.82, 2.24) is 18.7 Å². The van der Waals surface area contributed by atoms with Crippen molar-refractivity contribution in [3.05, 3.63) is 96.2 Å². The Bertz CT molecular complexity index is 1700. The second kappa shape index (κ2) is 8.89. The van der Waals surface area contributed by atoms with Crippen molar-refractivity contribution in [1.29, 1.82) is 0 Å². The molecule has 0 spiro atoms. The summed E-state index contributed by atoms with van der Waals surface area (Å²) in [5, 5.41) is 10.5. The molecule has 2 aromatic carbocycles. The van der Waals surface area contributed by atoms with Crippen LogP contribution in [0.5, 0.6) is 0 Å². The lowest BCUT2D eigenvalue weighted by Gasteiger charge is -2.21. The molecule has 9 nitrogen and oxygen atoms in total. The maximum atomic E-state index is 13.7. The van der Waals surface area contributed by atoms with Gasteiger partial charge in [-0.15, -0.1) is 0 Å². The molecule has 0 saturated carbocycles. The van der Waals surface area contributed by atoms with E-state index in [1.165, 1.54) is 22.8 Å². The highest BCUT2D eigenvalue weighted by Gasteiger charge is 2.38. The molecule has 1 aliphatic rings. The standard InChI is InChI=1S/C25H23F3N4O5/c1-3-37-22(34)16-12-31(13-7-9-20-18(11-13)29-23(35)30(20)2)24(36)32(21(16)33)19-10-8-14-15(19)5-4-6-17(14)25(26,27)28/h4-7,9,11-12,19,22,34H,3,8,10H2,1-2H3,(H,29,35). The number of ether oxygens (including phenoxy) is 1. The van der Waals surface area contributed by atoms with Gasteiger partial charge in [0.15, 0.2) is 6.29 Å². The number of aliphatic hydroxyl groups excluding tert-OH is 1. The number of aryl methyl sites for hydroxylation is 1. The van der Waals surface area contributed by atoms with Crippen molar-refractivity contribution >= 4 is 11.0 Å². The molecule has 37 heavy (non-hydrogen) atoms. The van der Waals surface area contributed by atoms with E-state index in [0.717, 1.165) is 21.4 Å². The fraction of sp³-hybridized carbons (Fsp3) is 0.320. The summed E-state index contributed by atoms with van der Waals surface area (Å²) in [6.45, 7) is 1.68. The third-order valence-electron chi connectivity index (χ3n) is 6.76. The molecule has 2 atom stereocenters. The van der Waals surface area contributed by atoms with Crippen LogP contribution in [0.4, 0.5) is 13.2 Å². The number of aliphatic hydroxyl groups is 1. The topological polar surface area (TPSA) is 111 Å². The van der Waals surface area contributed by atoms with Gasteiger partial charge in [-0.3, -0.25) is 18.5 Å². The lowest BCUT2D eigenvalue weighted by atomic mass is 10.0. The molecule has 0 aliphatic heterocycles. The van der Waals surface area contributed by atoms with E-state index in [4.69, 9.17) is 4.74 Å². The van der Waals surface area contributed by atoms with Crippen LogP contribution in [0.25, 0.3) is 16.7 Å². The molecule has 12 heteroatoms. The molecule has 0 radical (unpaired) electrons. The zero-order valence-electron chi connectivity index (χ0n) is 19.9. The molecule has 0 amide bonds. The van der Waals surface area contributed by atoms with Crippen molar-refractivity contribution < 1.29 is 23.0 Å². The number of nitrogens with zero attached hydrogens (tertiary/aromatic N) is 3. The SMILES string of the molecule is CCOC(O)c1cn(-c2ccc3c(c2)[nH]c(=O)n3C)c(=O)n(C2CCc3c2cccc3C(F)(F)F)c1=O. The van der Waals surface area contributed by atoms with Crippen LogP contribution in [-0.2, 0) is 24.4 Å². The van der Waals surface area contributed by atoms with Gasteiger partial charge in [0, 0.05) is 19.9 Å². The first kappa shape index (κ1) is 24.8. The second-order valence-electron chi connectivity index (χ2n) is 8.84. The zero-order chi connectivity index (χ0) is 26.6. The minimum atomic E-state index is -4.58. The van der Waals surface area contributed by atoms with E-state index in [0.29, 0.717) is 11.0 Å².